The molecule has 0 amide bonds. The zero-order valence-electron chi connectivity index (χ0n) is 15.6. The fraction of sp³-hybridized carbons (Fsp3) is 0.190. The van der Waals surface area contributed by atoms with Crippen molar-refractivity contribution in [2.45, 2.75) is 0 Å². The SMILES string of the molecule is CN(C)c1cccc2ccc(/C=N/Nc3ccccc3)c(N(C)C)c12.Cl. The number of fused-ring (bicyclic) bond motifs is 1. The molecule has 3 aromatic rings. The van der Waals surface area contributed by atoms with E-state index in [-0.39, 0.29) is 12.4 Å². The molecule has 4 nitrogen and oxygen atoms in total. The number of anilines is 3. The number of hydrogen-bond acceptors (Lipinski definition) is 4. The van der Waals surface area contributed by atoms with Gasteiger partial charge in [-0.2, -0.15) is 5.10 Å². The van der Waals surface area contributed by atoms with Crippen LogP contribution in [0.5, 0.6) is 0 Å². The second-order valence-electron chi connectivity index (χ2n) is 6.40. The monoisotopic (exact) mass is 368 g/mol. The van der Waals surface area contributed by atoms with E-state index in [0.717, 1.165) is 11.3 Å². The third-order valence-electron chi connectivity index (χ3n) is 4.13. The van der Waals surface area contributed by atoms with Gasteiger partial charge in [-0.15, -0.1) is 12.4 Å². The fourth-order valence-corrected chi connectivity index (χ4v) is 3.00. The van der Waals surface area contributed by atoms with Crippen LogP contribution in [-0.4, -0.2) is 34.4 Å². The number of halogens is 1. The Labute approximate surface area is 161 Å². The summed E-state index contributed by atoms with van der Waals surface area (Å²) in [5, 5.41) is 6.88. The van der Waals surface area contributed by atoms with E-state index >= 15 is 0 Å². The molecule has 0 spiro atoms. The van der Waals surface area contributed by atoms with Gasteiger partial charge in [0.2, 0.25) is 0 Å². The Balaban J connectivity index is 0.00000243. The van der Waals surface area contributed by atoms with Gasteiger partial charge in [0.05, 0.1) is 17.6 Å². The summed E-state index contributed by atoms with van der Waals surface area (Å²) in [5.74, 6) is 0. The van der Waals surface area contributed by atoms with Gasteiger partial charge < -0.3 is 9.80 Å². The minimum absolute atomic E-state index is 0. The van der Waals surface area contributed by atoms with E-state index < -0.39 is 0 Å². The van der Waals surface area contributed by atoms with E-state index in [1.165, 1.54) is 22.1 Å². The van der Waals surface area contributed by atoms with Crippen molar-refractivity contribution >= 4 is 46.5 Å². The van der Waals surface area contributed by atoms with Gasteiger partial charge in [-0.3, -0.25) is 5.43 Å². The van der Waals surface area contributed by atoms with Gasteiger partial charge in [-0.25, -0.2) is 0 Å². The number of hydrogen-bond donors (Lipinski definition) is 1. The van der Waals surface area contributed by atoms with Gasteiger partial charge in [0.15, 0.2) is 0 Å². The average Bonchev–Trinajstić information content (AvgIpc) is 2.61. The lowest BCUT2D eigenvalue weighted by Gasteiger charge is -2.23. The highest BCUT2D eigenvalue weighted by atomic mass is 35.5. The van der Waals surface area contributed by atoms with E-state index in [9.17, 15) is 0 Å². The Morgan fingerprint density at radius 1 is 0.808 bits per heavy atom. The van der Waals surface area contributed by atoms with Gasteiger partial charge in [0, 0.05) is 44.8 Å². The second kappa shape index (κ2) is 8.59. The summed E-state index contributed by atoms with van der Waals surface area (Å²) in [6.07, 6.45) is 1.88. The molecular formula is C21H25ClN4. The van der Waals surface area contributed by atoms with Crippen LogP contribution in [0, 0.1) is 0 Å². The summed E-state index contributed by atoms with van der Waals surface area (Å²) in [6.45, 7) is 0. The number of benzene rings is 3. The molecule has 3 rings (SSSR count). The molecule has 136 valence electrons. The Morgan fingerprint density at radius 2 is 1.54 bits per heavy atom. The van der Waals surface area contributed by atoms with E-state index in [2.05, 4.69) is 78.8 Å². The van der Waals surface area contributed by atoms with Gasteiger partial charge in [0.1, 0.15) is 0 Å². The smallest absolute Gasteiger partial charge is 0.0565 e. The van der Waals surface area contributed by atoms with Crippen molar-refractivity contribution in [3.05, 3.63) is 66.2 Å². The highest BCUT2D eigenvalue weighted by Gasteiger charge is 2.13. The van der Waals surface area contributed by atoms with Crippen molar-refractivity contribution in [3.8, 4) is 0 Å². The van der Waals surface area contributed by atoms with Crippen LogP contribution < -0.4 is 15.2 Å². The Kier molecular flexibility index (Phi) is 6.47. The molecule has 5 heteroatoms. The first-order chi connectivity index (χ1) is 12.1. The molecule has 3 aromatic carbocycles. The molecule has 0 fully saturated rings. The molecule has 0 aromatic heterocycles. The summed E-state index contributed by atoms with van der Waals surface area (Å²) >= 11 is 0. The standard InChI is InChI=1S/C21H24N4.ClH/c1-24(2)19-12-8-9-16-13-14-17(21(20(16)19)25(3)4)15-22-23-18-10-6-5-7-11-18;/h5-15,23H,1-4H3;1H/b22-15+;. The molecule has 0 bridgehead atoms. The summed E-state index contributed by atoms with van der Waals surface area (Å²) in [5.41, 5.74) is 7.50. The van der Waals surface area contributed by atoms with Gasteiger partial charge in [-0.1, -0.05) is 42.5 Å². The highest BCUT2D eigenvalue weighted by Crippen LogP contribution is 2.35. The maximum atomic E-state index is 4.42. The third-order valence-corrected chi connectivity index (χ3v) is 4.13. The van der Waals surface area contributed by atoms with Gasteiger partial charge >= 0.3 is 0 Å². The lowest BCUT2D eigenvalue weighted by Crippen LogP contribution is -2.15. The zero-order chi connectivity index (χ0) is 17.8. The largest absolute Gasteiger partial charge is 0.377 e. The molecule has 26 heavy (non-hydrogen) atoms. The first-order valence-corrected chi connectivity index (χ1v) is 8.32. The Hall–Kier alpha value is -2.72. The molecule has 0 saturated carbocycles. The Bertz CT molecular complexity index is 889. The first kappa shape index (κ1) is 19.6. The van der Waals surface area contributed by atoms with Crippen LogP contribution >= 0.6 is 12.4 Å². The number of nitrogens with one attached hydrogen (secondary N) is 1. The van der Waals surface area contributed by atoms with Crippen LogP contribution in [0.15, 0.2) is 65.8 Å². The predicted molar refractivity (Wildman–Crippen MR) is 118 cm³/mol. The molecule has 1 N–H and O–H groups in total. The van der Waals surface area contributed by atoms with Crippen LogP contribution in [0.25, 0.3) is 10.8 Å². The minimum atomic E-state index is 0. The average molecular weight is 369 g/mol. The van der Waals surface area contributed by atoms with E-state index in [0.29, 0.717) is 0 Å². The Morgan fingerprint density at radius 3 is 2.19 bits per heavy atom. The summed E-state index contributed by atoms with van der Waals surface area (Å²) in [7, 11) is 8.30. The highest BCUT2D eigenvalue weighted by molar-refractivity contribution is 6.09. The van der Waals surface area contributed by atoms with Crippen molar-refractivity contribution in [2.24, 2.45) is 5.10 Å². The lowest BCUT2D eigenvalue weighted by molar-refractivity contribution is 1.12. The van der Waals surface area contributed by atoms with E-state index in [1.807, 2.05) is 36.5 Å². The molecule has 0 aliphatic heterocycles. The molecule has 0 heterocycles. The zero-order valence-corrected chi connectivity index (χ0v) is 16.4. The maximum Gasteiger partial charge on any atom is 0.0565 e. The van der Waals surface area contributed by atoms with E-state index in [4.69, 9.17) is 0 Å². The number of nitrogens with zero attached hydrogens (tertiary/aromatic N) is 3. The van der Waals surface area contributed by atoms with Crippen LogP contribution in [0.1, 0.15) is 5.56 Å². The predicted octanol–water partition coefficient (Wildman–Crippen LogP) is 4.84. The molecule has 0 unspecified atom stereocenters. The maximum absolute atomic E-state index is 4.42. The molecule has 0 aliphatic carbocycles. The third kappa shape index (κ3) is 4.09. The summed E-state index contributed by atoms with van der Waals surface area (Å²) in [4.78, 5) is 4.30. The first-order valence-electron chi connectivity index (χ1n) is 8.32. The molecule has 0 atom stereocenters. The number of rotatable bonds is 5. The van der Waals surface area contributed by atoms with Crippen LogP contribution in [0.4, 0.5) is 17.1 Å². The van der Waals surface area contributed by atoms with Gasteiger partial charge in [0.25, 0.3) is 0 Å². The van der Waals surface area contributed by atoms with Crippen molar-refractivity contribution in [1.29, 1.82) is 0 Å². The van der Waals surface area contributed by atoms with E-state index in [1.54, 1.807) is 0 Å². The molecule has 0 radical (unpaired) electrons. The molecule has 0 aliphatic rings. The van der Waals surface area contributed by atoms with Crippen LogP contribution in [-0.2, 0) is 0 Å². The van der Waals surface area contributed by atoms with Crippen LogP contribution in [0.3, 0.4) is 0 Å². The van der Waals surface area contributed by atoms with Crippen molar-refractivity contribution in [3.63, 3.8) is 0 Å². The number of hydrazone groups is 1. The summed E-state index contributed by atoms with van der Waals surface area (Å²) < 4.78 is 0. The van der Waals surface area contributed by atoms with Crippen molar-refractivity contribution < 1.29 is 0 Å². The molecule has 0 saturated heterocycles. The minimum Gasteiger partial charge on any atom is -0.377 e. The lowest BCUT2D eigenvalue weighted by atomic mass is 10.0. The summed E-state index contributed by atoms with van der Waals surface area (Å²) in [6, 6.07) is 20.6. The van der Waals surface area contributed by atoms with Crippen molar-refractivity contribution in [2.75, 3.05) is 43.4 Å². The topological polar surface area (TPSA) is 30.9 Å². The number of para-hydroxylation sites is 1. The molecular weight excluding hydrogens is 344 g/mol. The van der Waals surface area contributed by atoms with Gasteiger partial charge in [-0.05, 0) is 23.6 Å². The second-order valence-corrected chi connectivity index (χ2v) is 6.40. The normalized spacial score (nSPS) is 10.6. The van der Waals surface area contributed by atoms with Crippen molar-refractivity contribution in [1.82, 2.24) is 0 Å². The fourth-order valence-electron chi connectivity index (χ4n) is 3.00. The quantitative estimate of drug-likeness (QED) is 0.516. The van der Waals surface area contributed by atoms with Crippen LogP contribution in [0.2, 0.25) is 0 Å².